The number of Topliss-reactive ketones (excluding diaryl/α,β-unsaturated/α-hetero) is 1. The Labute approximate surface area is 241 Å². The number of hydrogen-bond donors (Lipinski definition) is 2. The number of H-pyrrole nitrogens is 1. The van der Waals surface area contributed by atoms with E-state index in [1.165, 1.54) is 6.07 Å². The zero-order valence-electron chi connectivity index (χ0n) is 21.2. The van der Waals surface area contributed by atoms with Gasteiger partial charge >= 0.3 is 5.69 Å². The van der Waals surface area contributed by atoms with Gasteiger partial charge in [0.1, 0.15) is 22.2 Å². The van der Waals surface area contributed by atoms with Crippen molar-refractivity contribution in [1.82, 2.24) is 14.8 Å². The van der Waals surface area contributed by atoms with Crippen LogP contribution in [-0.4, -0.2) is 39.3 Å². The smallest absolute Gasteiger partial charge is 0.349 e. The van der Waals surface area contributed by atoms with E-state index in [2.05, 4.69) is 5.10 Å². The third-order valence-electron chi connectivity index (χ3n) is 7.24. The number of aromatic hydroxyl groups is 1. The molecule has 0 saturated heterocycles. The van der Waals surface area contributed by atoms with Crippen molar-refractivity contribution in [2.75, 3.05) is 0 Å². The van der Waals surface area contributed by atoms with Gasteiger partial charge in [0.05, 0.1) is 21.0 Å². The first-order valence-corrected chi connectivity index (χ1v) is 15.0. The maximum Gasteiger partial charge on any atom is 0.349 e. The average molecular weight is 630 g/mol. The molecule has 0 spiro atoms. The third kappa shape index (κ3) is 5.88. The van der Waals surface area contributed by atoms with Crippen molar-refractivity contribution in [3.8, 4) is 22.9 Å². The van der Waals surface area contributed by atoms with Gasteiger partial charge in [-0.05, 0) is 62.8 Å². The SMILES string of the molecule is O=C(C1CC1)C1CCC(S(=O)(=O)c2cc(Oc3c(Cl)cc(-n4nc(C(F)F)c(=O)[nH]c4=O)cc3Cl)ccc2O)CC1. The summed E-state index contributed by atoms with van der Waals surface area (Å²) in [5, 5.41) is 12.6. The van der Waals surface area contributed by atoms with Crippen molar-refractivity contribution >= 4 is 38.8 Å². The standard InChI is InChI=1S/C26H23Cl2F2N3O7S/c27-17-9-14(33-26(37)31-25(36)21(32-33)24(29)30)10-18(28)23(17)40-15-5-8-19(34)20(11-15)41(38,39)16-6-3-13(4-7-16)22(35)12-1-2-12/h5,8-13,16,24,34H,1-4,6-7H2,(H,31,36,37). The number of phenolic OH excluding ortho intramolecular Hbond substituents is 1. The number of carbonyl (C=O) groups is 1. The third-order valence-corrected chi connectivity index (χ3v) is 10.1. The highest BCUT2D eigenvalue weighted by Gasteiger charge is 2.40. The van der Waals surface area contributed by atoms with Gasteiger partial charge in [0, 0.05) is 17.9 Å². The fourth-order valence-corrected chi connectivity index (χ4v) is 7.38. The number of benzene rings is 2. The molecule has 0 aliphatic heterocycles. The molecule has 2 aliphatic carbocycles. The van der Waals surface area contributed by atoms with E-state index in [1.54, 1.807) is 4.98 Å². The van der Waals surface area contributed by atoms with Crippen LogP contribution in [0, 0.1) is 11.8 Å². The van der Waals surface area contributed by atoms with E-state index in [1.807, 2.05) is 0 Å². The summed E-state index contributed by atoms with van der Waals surface area (Å²) in [5.74, 6) is -0.461. The topological polar surface area (TPSA) is 148 Å². The molecule has 2 fully saturated rings. The van der Waals surface area contributed by atoms with Crippen molar-refractivity contribution in [3.63, 3.8) is 0 Å². The molecule has 15 heteroatoms. The summed E-state index contributed by atoms with van der Waals surface area (Å²) in [4.78, 5) is 37.6. The molecule has 0 amide bonds. The Morgan fingerprint density at radius 3 is 2.17 bits per heavy atom. The second-order valence-corrected chi connectivity index (χ2v) is 13.0. The molecule has 10 nitrogen and oxygen atoms in total. The predicted octanol–water partition coefficient (Wildman–Crippen LogP) is 4.97. The number of aromatic nitrogens is 3. The molecule has 0 bridgehead atoms. The second-order valence-electron chi connectivity index (χ2n) is 10.0. The number of aromatic amines is 1. The highest BCUT2D eigenvalue weighted by atomic mass is 35.5. The van der Waals surface area contributed by atoms with Gasteiger partial charge in [-0.2, -0.15) is 9.78 Å². The molecule has 1 aromatic heterocycles. The Balaban J connectivity index is 1.39. The summed E-state index contributed by atoms with van der Waals surface area (Å²) in [6.45, 7) is 0. The Hall–Kier alpha value is -3.29. The first kappa shape index (κ1) is 29.2. The first-order chi connectivity index (χ1) is 19.4. The lowest BCUT2D eigenvalue weighted by Gasteiger charge is -2.27. The summed E-state index contributed by atoms with van der Waals surface area (Å²) in [6, 6.07) is 5.84. The number of rotatable bonds is 8. The van der Waals surface area contributed by atoms with Gasteiger partial charge in [0.2, 0.25) is 0 Å². The van der Waals surface area contributed by atoms with Crippen LogP contribution in [0.5, 0.6) is 17.2 Å². The van der Waals surface area contributed by atoms with Gasteiger partial charge in [0.25, 0.3) is 12.0 Å². The quantitative estimate of drug-likeness (QED) is 0.354. The van der Waals surface area contributed by atoms with Crippen LogP contribution in [0.3, 0.4) is 0 Å². The van der Waals surface area contributed by atoms with E-state index in [0.29, 0.717) is 30.4 Å². The monoisotopic (exact) mass is 629 g/mol. The van der Waals surface area contributed by atoms with Gasteiger partial charge in [-0.15, -0.1) is 0 Å². The number of nitrogens with zero attached hydrogens (tertiary/aromatic N) is 2. The largest absolute Gasteiger partial charge is 0.507 e. The number of phenols is 1. The molecule has 3 aromatic rings. The van der Waals surface area contributed by atoms with E-state index in [0.717, 1.165) is 37.1 Å². The molecule has 0 atom stereocenters. The van der Waals surface area contributed by atoms with Crippen LogP contribution in [-0.2, 0) is 14.6 Å². The van der Waals surface area contributed by atoms with Crippen molar-refractivity contribution in [3.05, 3.63) is 66.9 Å². The Bertz CT molecular complexity index is 1730. The van der Waals surface area contributed by atoms with Gasteiger partial charge in [0.15, 0.2) is 21.3 Å². The molecule has 0 unspecified atom stereocenters. The molecule has 2 aromatic carbocycles. The minimum absolute atomic E-state index is 0.0326. The summed E-state index contributed by atoms with van der Waals surface area (Å²) in [6.07, 6.45) is 0.0768. The lowest BCUT2D eigenvalue weighted by Crippen LogP contribution is -2.34. The molecule has 41 heavy (non-hydrogen) atoms. The summed E-state index contributed by atoms with van der Waals surface area (Å²) in [5.41, 5.74) is -3.78. The molecule has 1 heterocycles. The summed E-state index contributed by atoms with van der Waals surface area (Å²) >= 11 is 12.6. The molecule has 2 saturated carbocycles. The maximum absolute atomic E-state index is 13.4. The van der Waals surface area contributed by atoms with Crippen LogP contribution < -0.4 is 16.0 Å². The first-order valence-electron chi connectivity index (χ1n) is 12.7. The van der Waals surface area contributed by atoms with Crippen molar-refractivity contribution in [2.45, 2.75) is 55.1 Å². The number of ketones is 1. The van der Waals surface area contributed by atoms with Crippen molar-refractivity contribution < 1.29 is 31.8 Å². The molecular formula is C26H23Cl2F2N3O7S. The molecular weight excluding hydrogens is 607 g/mol. The van der Waals surface area contributed by atoms with Crippen molar-refractivity contribution in [1.29, 1.82) is 0 Å². The molecule has 2 aliphatic rings. The van der Waals surface area contributed by atoms with Crippen LogP contribution in [0.25, 0.3) is 5.69 Å². The Morgan fingerprint density at radius 2 is 1.61 bits per heavy atom. The van der Waals surface area contributed by atoms with Crippen LogP contribution in [0.4, 0.5) is 8.78 Å². The molecule has 218 valence electrons. The summed E-state index contributed by atoms with van der Waals surface area (Å²) < 4.78 is 59.3. The lowest BCUT2D eigenvalue weighted by molar-refractivity contribution is -0.125. The minimum atomic E-state index is -3.99. The van der Waals surface area contributed by atoms with Gasteiger partial charge in [-0.3, -0.25) is 14.6 Å². The fraction of sp³-hybridized carbons (Fsp3) is 0.385. The number of carbonyl (C=O) groups excluding carboxylic acids is 1. The lowest BCUT2D eigenvalue weighted by atomic mass is 9.84. The number of sulfone groups is 1. The zero-order chi connectivity index (χ0) is 29.6. The summed E-state index contributed by atoms with van der Waals surface area (Å²) in [7, 11) is -3.99. The van der Waals surface area contributed by atoms with Gasteiger partial charge < -0.3 is 9.84 Å². The van der Waals surface area contributed by atoms with Gasteiger partial charge in [-0.1, -0.05) is 23.2 Å². The normalized spacial score (nSPS) is 19.3. The highest BCUT2D eigenvalue weighted by molar-refractivity contribution is 7.92. The average Bonchev–Trinajstić information content (AvgIpc) is 3.76. The Kier molecular flexibility index (Phi) is 7.96. The van der Waals surface area contributed by atoms with Crippen LogP contribution in [0.2, 0.25) is 10.0 Å². The number of nitrogens with one attached hydrogen (secondary N) is 1. The second kappa shape index (κ2) is 11.2. The maximum atomic E-state index is 13.4. The highest BCUT2D eigenvalue weighted by Crippen LogP contribution is 2.42. The van der Waals surface area contributed by atoms with E-state index in [-0.39, 0.29) is 49.7 Å². The number of ether oxygens (including phenoxy) is 1. The number of alkyl halides is 2. The molecule has 0 radical (unpaired) electrons. The van der Waals surface area contributed by atoms with E-state index >= 15 is 0 Å². The number of hydrogen-bond acceptors (Lipinski definition) is 8. The van der Waals surface area contributed by atoms with E-state index in [4.69, 9.17) is 27.9 Å². The van der Waals surface area contributed by atoms with Gasteiger partial charge in [-0.25, -0.2) is 22.0 Å². The Morgan fingerprint density at radius 1 is 1.02 bits per heavy atom. The fourth-order valence-electron chi connectivity index (χ4n) is 4.94. The van der Waals surface area contributed by atoms with Crippen LogP contribution >= 0.6 is 23.2 Å². The van der Waals surface area contributed by atoms with Crippen LogP contribution in [0.1, 0.15) is 50.6 Å². The van der Waals surface area contributed by atoms with E-state index < -0.39 is 44.2 Å². The predicted molar refractivity (Wildman–Crippen MR) is 144 cm³/mol. The molecule has 2 N–H and O–H groups in total. The zero-order valence-corrected chi connectivity index (χ0v) is 23.5. The van der Waals surface area contributed by atoms with Crippen molar-refractivity contribution in [2.24, 2.45) is 11.8 Å². The number of halogens is 4. The van der Waals surface area contributed by atoms with E-state index in [9.17, 15) is 36.7 Å². The minimum Gasteiger partial charge on any atom is -0.507 e. The molecule has 5 rings (SSSR count). The van der Waals surface area contributed by atoms with Crippen LogP contribution in [0.15, 0.2) is 44.8 Å².